The lowest BCUT2D eigenvalue weighted by Gasteiger charge is -2.20. The Morgan fingerprint density at radius 3 is 2.46 bits per heavy atom. The quantitative estimate of drug-likeness (QED) is 0.610. The number of hydrogen-bond acceptors (Lipinski definition) is 2. The molecule has 1 aliphatic rings. The molecule has 76 valence electrons. The van der Waals surface area contributed by atoms with Crippen LogP contribution in [0.25, 0.3) is 0 Å². The second kappa shape index (κ2) is 4.25. The minimum atomic E-state index is 0.294. The van der Waals surface area contributed by atoms with Gasteiger partial charge < -0.3 is 0 Å². The molecule has 2 unspecified atom stereocenters. The van der Waals surface area contributed by atoms with Gasteiger partial charge in [-0.3, -0.25) is 4.84 Å². The standard InChI is InChI=1S/C11H21NO/c1-8(2)6-10-7-11(9(3)4)12(5)13-10/h6,9-11H,7H2,1-5H3. The number of hydroxylamine groups is 2. The fourth-order valence-electron chi connectivity index (χ4n) is 1.88. The third kappa shape index (κ3) is 2.82. The molecule has 13 heavy (non-hydrogen) atoms. The Labute approximate surface area is 81.5 Å². The summed E-state index contributed by atoms with van der Waals surface area (Å²) in [5.41, 5.74) is 1.34. The highest BCUT2D eigenvalue weighted by Gasteiger charge is 2.31. The van der Waals surface area contributed by atoms with Crippen molar-refractivity contribution in [3.63, 3.8) is 0 Å². The lowest BCUT2D eigenvalue weighted by molar-refractivity contribution is -0.136. The monoisotopic (exact) mass is 183 g/mol. The summed E-state index contributed by atoms with van der Waals surface area (Å²) in [5, 5.41) is 2.01. The Hall–Kier alpha value is -0.340. The summed E-state index contributed by atoms with van der Waals surface area (Å²) in [6, 6.07) is 0.570. The van der Waals surface area contributed by atoms with Crippen molar-refractivity contribution in [3.8, 4) is 0 Å². The minimum absolute atomic E-state index is 0.294. The van der Waals surface area contributed by atoms with Crippen molar-refractivity contribution in [2.75, 3.05) is 7.05 Å². The van der Waals surface area contributed by atoms with Gasteiger partial charge in [0.25, 0.3) is 0 Å². The highest BCUT2D eigenvalue weighted by atomic mass is 16.7. The molecule has 1 saturated heterocycles. The Kier molecular flexibility index (Phi) is 3.51. The molecule has 1 fully saturated rings. The Bertz CT molecular complexity index is 194. The summed E-state index contributed by atoms with van der Waals surface area (Å²) >= 11 is 0. The van der Waals surface area contributed by atoms with Gasteiger partial charge in [-0.25, -0.2) is 0 Å². The van der Waals surface area contributed by atoms with Crippen LogP contribution in [0.15, 0.2) is 11.6 Å². The highest BCUT2D eigenvalue weighted by molar-refractivity contribution is 5.01. The summed E-state index contributed by atoms with van der Waals surface area (Å²) in [7, 11) is 2.03. The van der Waals surface area contributed by atoms with Gasteiger partial charge in [0.2, 0.25) is 0 Å². The van der Waals surface area contributed by atoms with E-state index < -0.39 is 0 Å². The van der Waals surface area contributed by atoms with E-state index in [-0.39, 0.29) is 0 Å². The topological polar surface area (TPSA) is 12.5 Å². The second-order valence-electron chi connectivity index (χ2n) is 4.48. The summed E-state index contributed by atoms with van der Waals surface area (Å²) in [6.07, 6.45) is 3.63. The molecule has 2 nitrogen and oxygen atoms in total. The molecule has 0 bridgehead atoms. The first kappa shape index (κ1) is 10.7. The zero-order valence-corrected chi connectivity index (χ0v) is 9.37. The molecule has 0 aromatic heterocycles. The number of nitrogens with zero attached hydrogens (tertiary/aromatic N) is 1. The zero-order chi connectivity index (χ0) is 10.0. The van der Waals surface area contributed by atoms with E-state index in [0.29, 0.717) is 18.1 Å². The first-order chi connectivity index (χ1) is 6.00. The van der Waals surface area contributed by atoms with Crippen molar-refractivity contribution < 1.29 is 4.84 Å². The Morgan fingerprint density at radius 1 is 1.46 bits per heavy atom. The van der Waals surface area contributed by atoms with Crippen molar-refractivity contribution in [2.45, 2.75) is 46.3 Å². The first-order valence-corrected chi connectivity index (χ1v) is 5.05. The van der Waals surface area contributed by atoms with Crippen LogP contribution < -0.4 is 0 Å². The molecule has 2 atom stereocenters. The van der Waals surface area contributed by atoms with E-state index in [2.05, 4.69) is 33.8 Å². The third-order valence-electron chi connectivity index (χ3n) is 2.53. The van der Waals surface area contributed by atoms with Crippen molar-refractivity contribution in [3.05, 3.63) is 11.6 Å². The van der Waals surface area contributed by atoms with Gasteiger partial charge in [-0.15, -0.1) is 0 Å². The van der Waals surface area contributed by atoms with E-state index >= 15 is 0 Å². The van der Waals surface area contributed by atoms with Gasteiger partial charge in [0, 0.05) is 13.1 Å². The summed E-state index contributed by atoms with van der Waals surface area (Å²) in [6.45, 7) is 8.73. The van der Waals surface area contributed by atoms with Crippen molar-refractivity contribution >= 4 is 0 Å². The molecule has 0 saturated carbocycles. The van der Waals surface area contributed by atoms with Gasteiger partial charge in [-0.05, 0) is 26.2 Å². The number of hydrogen-bond donors (Lipinski definition) is 0. The van der Waals surface area contributed by atoms with Crippen LogP contribution in [0.3, 0.4) is 0 Å². The van der Waals surface area contributed by atoms with E-state index in [9.17, 15) is 0 Å². The molecule has 0 radical (unpaired) electrons. The van der Waals surface area contributed by atoms with Crippen LogP contribution in [-0.2, 0) is 4.84 Å². The predicted octanol–water partition coefficient (Wildman–Crippen LogP) is 2.61. The molecule has 2 heteroatoms. The van der Waals surface area contributed by atoms with Gasteiger partial charge in [0.15, 0.2) is 0 Å². The predicted molar refractivity (Wildman–Crippen MR) is 55.3 cm³/mol. The van der Waals surface area contributed by atoms with Crippen molar-refractivity contribution in [2.24, 2.45) is 5.92 Å². The fourth-order valence-corrected chi connectivity index (χ4v) is 1.88. The maximum atomic E-state index is 5.70. The molecule has 0 aromatic carbocycles. The number of rotatable bonds is 2. The molecule has 1 rings (SSSR count). The average Bonchev–Trinajstić information content (AvgIpc) is 2.29. The smallest absolute Gasteiger partial charge is 0.0992 e. The van der Waals surface area contributed by atoms with Crippen LogP contribution in [0.4, 0.5) is 0 Å². The molecular formula is C11H21NO. The molecule has 1 heterocycles. The molecular weight excluding hydrogens is 162 g/mol. The summed E-state index contributed by atoms with van der Waals surface area (Å²) in [5.74, 6) is 0.667. The molecule has 0 N–H and O–H groups in total. The van der Waals surface area contributed by atoms with Crippen LogP contribution in [0.5, 0.6) is 0 Å². The lowest BCUT2D eigenvalue weighted by atomic mass is 9.98. The van der Waals surface area contributed by atoms with E-state index in [1.165, 1.54) is 5.57 Å². The first-order valence-electron chi connectivity index (χ1n) is 5.05. The lowest BCUT2D eigenvalue weighted by Crippen LogP contribution is -2.28. The Morgan fingerprint density at radius 2 is 2.08 bits per heavy atom. The number of allylic oxidation sites excluding steroid dienone is 1. The fraction of sp³-hybridized carbons (Fsp3) is 0.818. The molecule has 0 spiro atoms. The Balaban J connectivity index is 2.55. The maximum Gasteiger partial charge on any atom is 0.0992 e. The van der Waals surface area contributed by atoms with Crippen molar-refractivity contribution in [1.82, 2.24) is 5.06 Å². The minimum Gasteiger partial charge on any atom is -0.291 e. The van der Waals surface area contributed by atoms with Crippen LogP contribution in [0.2, 0.25) is 0 Å². The molecule has 0 aromatic rings. The van der Waals surface area contributed by atoms with Crippen LogP contribution in [0, 0.1) is 5.92 Å². The van der Waals surface area contributed by atoms with Crippen LogP contribution in [-0.4, -0.2) is 24.3 Å². The van der Waals surface area contributed by atoms with E-state index in [1.54, 1.807) is 0 Å². The second-order valence-corrected chi connectivity index (χ2v) is 4.48. The maximum absolute atomic E-state index is 5.70. The van der Waals surface area contributed by atoms with Gasteiger partial charge in [-0.1, -0.05) is 25.5 Å². The van der Waals surface area contributed by atoms with Crippen LogP contribution >= 0.6 is 0 Å². The van der Waals surface area contributed by atoms with Gasteiger partial charge in [0.1, 0.15) is 0 Å². The molecule has 1 aliphatic heterocycles. The van der Waals surface area contributed by atoms with Crippen LogP contribution in [0.1, 0.15) is 34.1 Å². The highest BCUT2D eigenvalue weighted by Crippen LogP contribution is 2.26. The third-order valence-corrected chi connectivity index (χ3v) is 2.53. The van der Waals surface area contributed by atoms with E-state index in [0.717, 1.165) is 6.42 Å². The molecule has 0 amide bonds. The van der Waals surface area contributed by atoms with E-state index in [4.69, 9.17) is 4.84 Å². The molecule has 0 aliphatic carbocycles. The van der Waals surface area contributed by atoms with Crippen molar-refractivity contribution in [1.29, 1.82) is 0 Å². The summed E-state index contributed by atoms with van der Waals surface area (Å²) < 4.78 is 0. The average molecular weight is 183 g/mol. The van der Waals surface area contributed by atoms with Gasteiger partial charge >= 0.3 is 0 Å². The van der Waals surface area contributed by atoms with E-state index in [1.807, 2.05) is 12.1 Å². The largest absolute Gasteiger partial charge is 0.291 e. The normalized spacial score (nSPS) is 29.7. The van der Waals surface area contributed by atoms with Gasteiger partial charge in [0.05, 0.1) is 6.10 Å². The summed E-state index contributed by atoms with van der Waals surface area (Å²) in [4.78, 5) is 5.70. The SMILES string of the molecule is CC(C)=CC1CC(C(C)C)N(C)O1. The van der Waals surface area contributed by atoms with Gasteiger partial charge in [-0.2, -0.15) is 5.06 Å². The zero-order valence-electron chi connectivity index (χ0n) is 9.37.